The van der Waals surface area contributed by atoms with E-state index in [9.17, 15) is 14.7 Å². The lowest BCUT2D eigenvalue weighted by molar-refractivity contribution is -0.133. The molecule has 2 N–H and O–H groups in total. The fourth-order valence-corrected chi connectivity index (χ4v) is 4.18. The maximum atomic E-state index is 12.9. The lowest BCUT2D eigenvalue weighted by Crippen LogP contribution is -2.35. The van der Waals surface area contributed by atoms with Crippen LogP contribution in [0.5, 0.6) is 0 Å². The molecule has 0 aliphatic carbocycles. The van der Waals surface area contributed by atoms with Gasteiger partial charge in [-0.3, -0.25) is 0 Å². The first kappa shape index (κ1) is 20.8. The van der Waals surface area contributed by atoms with E-state index in [1.54, 1.807) is 12.1 Å². The van der Waals surface area contributed by atoms with Crippen LogP contribution in [0.4, 0.5) is 5.82 Å². The van der Waals surface area contributed by atoms with Crippen molar-refractivity contribution in [3.8, 4) is 5.69 Å². The first-order valence-corrected chi connectivity index (χ1v) is 10.1. The maximum Gasteiger partial charge on any atom is 0.355 e. The number of aromatic nitrogens is 2. The Bertz CT molecular complexity index is 1220. The summed E-state index contributed by atoms with van der Waals surface area (Å²) < 4.78 is 1.44. The number of para-hydroxylation sites is 1. The highest BCUT2D eigenvalue weighted by Gasteiger charge is 2.37. The monoisotopic (exact) mass is 436 g/mol. The number of halogens is 1. The molecule has 0 saturated heterocycles. The van der Waals surface area contributed by atoms with E-state index in [1.165, 1.54) is 4.57 Å². The predicted octanol–water partition coefficient (Wildman–Crippen LogP) is 3.34. The van der Waals surface area contributed by atoms with Gasteiger partial charge in [-0.2, -0.15) is 4.98 Å². The molecule has 1 aliphatic heterocycles. The summed E-state index contributed by atoms with van der Waals surface area (Å²) in [7, 11) is 3.70. The van der Waals surface area contributed by atoms with E-state index in [4.69, 9.17) is 11.6 Å². The van der Waals surface area contributed by atoms with E-state index >= 15 is 0 Å². The van der Waals surface area contributed by atoms with Gasteiger partial charge in [0.25, 0.3) is 0 Å². The van der Waals surface area contributed by atoms with Gasteiger partial charge < -0.3 is 15.3 Å². The molecule has 158 valence electrons. The predicted molar refractivity (Wildman–Crippen MR) is 120 cm³/mol. The summed E-state index contributed by atoms with van der Waals surface area (Å²) in [5, 5.41) is 13.3. The highest BCUT2D eigenvalue weighted by molar-refractivity contribution is 6.30. The Hall–Kier alpha value is -3.42. The molecule has 0 spiro atoms. The second kappa shape index (κ2) is 8.37. The standard InChI is InChI=1S/C23H21ClN4O3/c1-27(2)13-16-18(22(29)30)17(14-9-5-3-6-10-14)19-20(24)26-23(31)28(21(19)25-16)15-11-7-4-8-12-15/h3-12,17,25H,13H2,1-2H3,(H,29,30). The molecule has 8 heteroatoms. The second-order valence-electron chi connectivity index (χ2n) is 7.52. The molecule has 7 nitrogen and oxygen atoms in total. The van der Waals surface area contributed by atoms with Crippen molar-refractivity contribution >= 4 is 23.4 Å². The Morgan fingerprint density at radius 1 is 1.13 bits per heavy atom. The summed E-state index contributed by atoms with van der Waals surface area (Å²) in [6, 6.07) is 18.3. The Kier molecular flexibility index (Phi) is 5.63. The van der Waals surface area contributed by atoms with E-state index in [-0.39, 0.29) is 10.7 Å². The molecular weight excluding hydrogens is 416 g/mol. The van der Waals surface area contributed by atoms with Crippen LogP contribution in [-0.4, -0.2) is 46.2 Å². The van der Waals surface area contributed by atoms with Gasteiger partial charge in [0.15, 0.2) is 0 Å². The highest BCUT2D eigenvalue weighted by atomic mass is 35.5. The van der Waals surface area contributed by atoms with Crippen molar-refractivity contribution in [1.82, 2.24) is 14.5 Å². The summed E-state index contributed by atoms with van der Waals surface area (Å²) in [5.41, 5.74) is 1.93. The number of aliphatic carboxylic acids is 1. The number of nitrogens with zero attached hydrogens (tertiary/aromatic N) is 3. The zero-order chi connectivity index (χ0) is 22.1. The van der Waals surface area contributed by atoms with E-state index in [2.05, 4.69) is 10.3 Å². The molecule has 0 bridgehead atoms. The van der Waals surface area contributed by atoms with Crippen LogP contribution < -0.4 is 11.0 Å². The number of likely N-dealkylation sites (N-methyl/N-ethyl adjacent to an activating group) is 1. The lowest BCUT2D eigenvalue weighted by atomic mass is 9.82. The number of anilines is 1. The molecule has 1 atom stereocenters. The molecule has 0 saturated carbocycles. The minimum Gasteiger partial charge on any atom is -0.478 e. The fraction of sp³-hybridized carbons (Fsp3) is 0.174. The summed E-state index contributed by atoms with van der Waals surface area (Å²) >= 11 is 6.48. The lowest BCUT2D eigenvalue weighted by Gasteiger charge is -2.33. The van der Waals surface area contributed by atoms with Gasteiger partial charge in [0.2, 0.25) is 0 Å². The number of carboxylic acid groups (broad SMARTS) is 1. The average molecular weight is 437 g/mol. The van der Waals surface area contributed by atoms with Gasteiger partial charge in [0.05, 0.1) is 11.3 Å². The van der Waals surface area contributed by atoms with Crippen LogP contribution in [0.3, 0.4) is 0 Å². The van der Waals surface area contributed by atoms with Crippen molar-refractivity contribution in [1.29, 1.82) is 0 Å². The van der Waals surface area contributed by atoms with Gasteiger partial charge in [0, 0.05) is 23.7 Å². The Morgan fingerprint density at radius 3 is 2.32 bits per heavy atom. The zero-order valence-electron chi connectivity index (χ0n) is 17.0. The first-order valence-electron chi connectivity index (χ1n) is 9.69. The molecule has 1 aliphatic rings. The summed E-state index contributed by atoms with van der Waals surface area (Å²) in [6.07, 6.45) is 0. The molecule has 3 aromatic rings. The molecular formula is C23H21ClN4O3. The van der Waals surface area contributed by atoms with Gasteiger partial charge in [0.1, 0.15) is 11.0 Å². The quantitative estimate of drug-likeness (QED) is 0.596. The molecule has 2 heterocycles. The van der Waals surface area contributed by atoms with Crippen LogP contribution >= 0.6 is 11.6 Å². The van der Waals surface area contributed by atoms with Crippen molar-refractivity contribution in [2.75, 3.05) is 26.0 Å². The first-order chi connectivity index (χ1) is 14.9. The van der Waals surface area contributed by atoms with Crippen LogP contribution in [-0.2, 0) is 4.79 Å². The Morgan fingerprint density at radius 2 is 1.74 bits per heavy atom. The normalized spacial score (nSPS) is 15.5. The molecule has 0 fully saturated rings. The van der Waals surface area contributed by atoms with Crippen LogP contribution in [0, 0.1) is 0 Å². The van der Waals surface area contributed by atoms with Gasteiger partial charge in [-0.15, -0.1) is 0 Å². The molecule has 1 aromatic heterocycles. The van der Waals surface area contributed by atoms with Crippen molar-refractivity contribution in [3.63, 3.8) is 0 Å². The topological polar surface area (TPSA) is 87.5 Å². The third-order valence-corrected chi connectivity index (χ3v) is 5.40. The number of benzene rings is 2. The third kappa shape index (κ3) is 3.85. The number of rotatable bonds is 5. The summed E-state index contributed by atoms with van der Waals surface area (Å²) in [5.74, 6) is -1.33. The molecule has 0 radical (unpaired) electrons. The molecule has 31 heavy (non-hydrogen) atoms. The number of hydrogen-bond donors (Lipinski definition) is 2. The molecule has 0 amide bonds. The van der Waals surface area contributed by atoms with E-state index < -0.39 is 17.6 Å². The van der Waals surface area contributed by atoms with Gasteiger partial charge in [-0.1, -0.05) is 60.1 Å². The van der Waals surface area contributed by atoms with Gasteiger partial charge >= 0.3 is 11.7 Å². The minimum atomic E-state index is -1.06. The van der Waals surface area contributed by atoms with Gasteiger partial charge in [-0.25, -0.2) is 14.2 Å². The van der Waals surface area contributed by atoms with E-state index in [1.807, 2.05) is 67.5 Å². The average Bonchev–Trinajstić information content (AvgIpc) is 2.73. The van der Waals surface area contributed by atoms with Gasteiger partial charge in [-0.05, 0) is 31.8 Å². The summed E-state index contributed by atoms with van der Waals surface area (Å²) in [4.78, 5) is 31.2. The van der Waals surface area contributed by atoms with Crippen molar-refractivity contribution in [2.24, 2.45) is 0 Å². The minimum absolute atomic E-state index is 0.0174. The molecule has 4 rings (SSSR count). The Balaban J connectivity index is 2.08. The van der Waals surface area contributed by atoms with Crippen LogP contribution in [0.15, 0.2) is 76.7 Å². The third-order valence-electron chi connectivity index (χ3n) is 5.11. The van der Waals surface area contributed by atoms with Crippen LogP contribution in [0.2, 0.25) is 5.15 Å². The van der Waals surface area contributed by atoms with Crippen LogP contribution in [0.25, 0.3) is 5.69 Å². The number of fused-ring (bicyclic) bond motifs is 1. The number of carboxylic acids is 1. The smallest absolute Gasteiger partial charge is 0.355 e. The fourth-order valence-electron chi connectivity index (χ4n) is 3.90. The Labute approximate surface area is 184 Å². The highest BCUT2D eigenvalue weighted by Crippen LogP contribution is 2.44. The number of hydrogen-bond acceptors (Lipinski definition) is 5. The van der Waals surface area contributed by atoms with Crippen LogP contribution in [0.1, 0.15) is 17.0 Å². The number of carbonyl (C=O) groups is 1. The van der Waals surface area contributed by atoms with Crippen molar-refractivity contribution in [3.05, 3.63) is 98.7 Å². The second-order valence-corrected chi connectivity index (χ2v) is 7.88. The summed E-state index contributed by atoms with van der Waals surface area (Å²) in [6.45, 7) is 0.341. The molecule has 2 aromatic carbocycles. The van der Waals surface area contributed by atoms with E-state index in [0.717, 1.165) is 5.56 Å². The van der Waals surface area contributed by atoms with E-state index in [0.29, 0.717) is 29.3 Å². The largest absolute Gasteiger partial charge is 0.478 e. The maximum absolute atomic E-state index is 12.9. The molecule has 1 unspecified atom stereocenters. The zero-order valence-corrected chi connectivity index (χ0v) is 17.8. The van der Waals surface area contributed by atoms with Crippen molar-refractivity contribution in [2.45, 2.75) is 5.92 Å². The van der Waals surface area contributed by atoms with Crippen molar-refractivity contribution < 1.29 is 9.90 Å². The number of nitrogens with one attached hydrogen (secondary N) is 1. The SMILES string of the molecule is CN(C)CC1=C(C(=O)O)C(c2ccccc2)c2c(Cl)nc(=O)n(-c3ccccc3)c2N1.